The van der Waals surface area contributed by atoms with Gasteiger partial charge in [-0.1, -0.05) is 13.3 Å². The summed E-state index contributed by atoms with van der Waals surface area (Å²) < 4.78 is 12.0. The molecule has 0 unspecified atom stereocenters. The van der Waals surface area contributed by atoms with Crippen LogP contribution in [0.4, 0.5) is 0 Å². The summed E-state index contributed by atoms with van der Waals surface area (Å²) in [5.41, 5.74) is 0.741. The van der Waals surface area contributed by atoms with Gasteiger partial charge in [0.05, 0.1) is 17.7 Å². The second kappa shape index (κ2) is 8.64. The second-order valence-corrected chi connectivity index (χ2v) is 4.99. The molecule has 0 heterocycles. The van der Waals surface area contributed by atoms with Crippen LogP contribution in [0.3, 0.4) is 0 Å². The van der Waals surface area contributed by atoms with Crippen LogP contribution in [0.25, 0.3) is 6.08 Å². The highest BCUT2D eigenvalue weighted by molar-refractivity contribution is 9.10. The maximum Gasteiger partial charge on any atom is 0.328 e. The van der Waals surface area contributed by atoms with Gasteiger partial charge in [0.1, 0.15) is 0 Å². The molecule has 0 radical (unpaired) electrons. The maximum atomic E-state index is 10.6. The Morgan fingerprint density at radius 2 is 2.10 bits per heavy atom. The van der Waals surface area contributed by atoms with Crippen LogP contribution >= 0.6 is 15.9 Å². The fraction of sp³-hybridized carbons (Fsp3) is 0.400. The second-order valence-electron chi connectivity index (χ2n) is 4.14. The molecule has 5 heteroatoms. The molecule has 1 N–H and O–H groups in total. The van der Waals surface area contributed by atoms with Crippen LogP contribution in [-0.4, -0.2) is 24.3 Å². The molecular weight excluding hydrogens is 324 g/mol. The van der Waals surface area contributed by atoms with Gasteiger partial charge in [0, 0.05) is 6.08 Å². The molecule has 0 saturated heterocycles. The summed E-state index contributed by atoms with van der Waals surface area (Å²) in [6.07, 6.45) is 4.64. The van der Waals surface area contributed by atoms with Crippen LogP contribution in [-0.2, 0) is 4.79 Å². The number of carboxylic acids is 1. The van der Waals surface area contributed by atoms with Crippen LogP contribution in [0.1, 0.15) is 32.3 Å². The van der Waals surface area contributed by atoms with Crippen molar-refractivity contribution < 1.29 is 19.4 Å². The van der Waals surface area contributed by atoms with Crippen molar-refractivity contribution in [3.05, 3.63) is 28.2 Å². The summed E-state index contributed by atoms with van der Waals surface area (Å²) in [4.78, 5) is 10.6. The Morgan fingerprint density at radius 1 is 1.35 bits per heavy atom. The molecule has 4 nitrogen and oxygen atoms in total. The predicted molar refractivity (Wildman–Crippen MR) is 82.4 cm³/mol. The minimum absolute atomic E-state index is 0.517. The fourth-order valence-corrected chi connectivity index (χ4v) is 2.15. The molecule has 1 aromatic rings. The van der Waals surface area contributed by atoms with Gasteiger partial charge >= 0.3 is 5.97 Å². The molecule has 0 atom stereocenters. The Labute approximate surface area is 127 Å². The van der Waals surface area contributed by atoms with Gasteiger partial charge in [-0.05, 0) is 53.0 Å². The van der Waals surface area contributed by atoms with Gasteiger partial charge in [-0.3, -0.25) is 0 Å². The quantitative estimate of drug-likeness (QED) is 0.570. The lowest BCUT2D eigenvalue weighted by Gasteiger charge is -2.14. The van der Waals surface area contributed by atoms with E-state index >= 15 is 0 Å². The van der Waals surface area contributed by atoms with Crippen LogP contribution in [0.5, 0.6) is 11.5 Å². The molecule has 20 heavy (non-hydrogen) atoms. The van der Waals surface area contributed by atoms with Crippen molar-refractivity contribution in [3.8, 4) is 11.5 Å². The number of halogens is 1. The van der Waals surface area contributed by atoms with Gasteiger partial charge in [-0.25, -0.2) is 4.79 Å². The monoisotopic (exact) mass is 342 g/mol. The average molecular weight is 343 g/mol. The fourth-order valence-electron chi connectivity index (χ4n) is 1.57. The molecule has 1 aromatic carbocycles. The Bertz CT molecular complexity index is 483. The Hall–Kier alpha value is -1.49. The third-order valence-corrected chi connectivity index (χ3v) is 3.08. The number of unbranched alkanes of at least 4 members (excludes halogenated alkanes) is 1. The number of hydrogen-bond donors (Lipinski definition) is 1. The molecule has 0 aromatic heterocycles. The number of rotatable bonds is 8. The third-order valence-electron chi connectivity index (χ3n) is 2.49. The predicted octanol–water partition coefficient (Wildman–Crippen LogP) is 4.12. The summed E-state index contributed by atoms with van der Waals surface area (Å²) >= 11 is 3.44. The molecule has 0 amide bonds. The lowest BCUT2D eigenvalue weighted by molar-refractivity contribution is -0.131. The first-order chi connectivity index (χ1) is 9.58. The van der Waals surface area contributed by atoms with E-state index in [1.165, 1.54) is 6.08 Å². The number of ether oxygens (including phenoxy) is 2. The SMILES string of the molecule is CCCCOc1c(Br)cc(C=CC(=O)O)cc1OCC. The van der Waals surface area contributed by atoms with Crippen LogP contribution in [0.15, 0.2) is 22.7 Å². The van der Waals surface area contributed by atoms with E-state index in [0.29, 0.717) is 24.7 Å². The van der Waals surface area contributed by atoms with E-state index < -0.39 is 5.97 Å². The summed E-state index contributed by atoms with van der Waals surface area (Å²) in [5, 5.41) is 8.66. The normalized spacial score (nSPS) is 10.8. The molecule has 0 fully saturated rings. The summed E-state index contributed by atoms with van der Waals surface area (Å²) in [6.45, 7) is 5.13. The topological polar surface area (TPSA) is 55.8 Å². The molecule has 0 spiro atoms. The van der Waals surface area contributed by atoms with Crippen molar-refractivity contribution >= 4 is 28.0 Å². The lowest BCUT2D eigenvalue weighted by Crippen LogP contribution is -2.02. The first-order valence-corrected chi connectivity index (χ1v) is 7.37. The Kier molecular flexibility index (Phi) is 7.15. The van der Waals surface area contributed by atoms with E-state index in [2.05, 4.69) is 22.9 Å². The molecule has 0 aliphatic heterocycles. The summed E-state index contributed by atoms with van der Waals surface area (Å²) in [5.74, 6) is 0.290. The Morgan fingerprint density at radius 3 is 2.70 bits per heavy atom. The molecular formula is C15H19BrO4. The Balaban J connectivity index is 3.01. The van der Waals surface area contributed by atoms with E-state index in [9.17, 15) is 4.79 Å². The minimum Gasteiger partial charge on any atom is -0.490 e. The van der Waals surface area contributed by atoms with Crippen molar-refractivity contribution in [3.63, 3.8) is 0 Å². The highest BCUT2D eigenvalue weighted by atomic mass is 79.9. The van der Waals surface area contributed by atoms with Gasteiger partial charge in [0.25, 0.3) is 0 Å². The summed E-state index contributed by atoms with van der Waals surface area (Å²) in [7, 11) is 0. The number of hydrogen-bond acceptors (Lipinski definition) is 3. The molecule has 110 valence electrons. The largest absolute Gasteiger partial charge is 0.490 e. The highest BCUT2D eigenvalue weighted by Gasteiger charge is 2.11. The first kappa shape index (κ1) is 16.6. The van der Waals surface area contributed by atoms with Crippen molar-refractivity contribution in [2.45, 2.75) is 26.7 Å². The van der Waals surface area contributed by atoms with Crippen molar-refractivity contribution in [2.24, 2.45) is 0 Å². The highest BCUT2D eigenvalue weighted by Crippen LogP contribution is 2.37. The number of benzene rings is 1. The average Bonchev–Trinajstić information content (AvgIpc) is 2.39. The maximum absolute atomic E-state index is 10.6. The van der Waals surface area contributed by atoms with Crippen molar-refractivity contribution in [2.75, 3.05) is 13.2 Å². The van der Waals surface area contributed by atoms with E-state index in [1.54, 1.807) is 6.07 Å². The third kappa shape index (κ3) is 5.25. The molecule has 0 saturated carbocycles. The van der Waals surface area contributed by atoms with Gasteiger partial charge in [0.15, 0.2) is 11.5 Å². The first-order valence-electron chi connectivity index (χ1n) is 6.58. The zero-order valence-electron chi connectivity index (χ0n) is 11.7. The van der Waals surface area contributed by atoms with E-state index in [4.69, 9.17) is 14.6 Å². The van der Waals surface area contributed by atoms with E-state index in [1.807, 2.05) is 13.0 Å². The van der Waals surface area contributed by atoms with Crippen LogP contribution < -0.4 is 9.47 Å². The summed E-state index contributed by atoms with van der Waals surface area (Å²) in [6, 6.07) is 3.58. The van der Waals surface area contributed by atoms with Gasteiger partial charge in [0.2, 0.25) is 0 Å². The van der Waals surface area contributed by atoms with Crippen LogP contribution in [0, 0.1) is 0 Å². The molecule has 0 aliphatic carbocycles. The van der Waals surface area contributed by atoms with Crippen molar-refractivity contribution in [1.29, 1.82) is 0 Å². The van der Waals surface area contributed by atoms with Crippen molar-refractivity contribution in [1.82, 2.24) is 0 Å². The van der Waals surface area contributed by atoms with Gasteiger partial charge in [-0.2, -0.15) is 0 Å². The zero-order chi connectivity index (χ0) is 15.0. The van der Waals surface area contributed by atoms with E-state index in [0.717, 1.165) is 29.0 Å². The number of carboxylic acid groups (broad SMARTS) is 1. The number of carbonyl (C=O) groups is 1. The standard InChI is InChI=1S/C15H19BrO4/c1-3-5-8-20-15-12(16)9-11(6-7-14(17)18)10-13(15)19-4-2/h6-7,9-10H,3-5,8H2,1-2H3,(H,17,18). The lowest BCUT2D eigenvalue weighted by atomic mass is 10.2. The van der Waals surface area contributed by atoms with Gasteiger partial charge < -0.3 is 14.6 Å². The molecule has 1 rings (SSSR count). The minimum atomic E-state index is -0.984. The van der Waals surface area contributed by atoms with E-state index in [-0.39, 0.29) is 0 Å². The van der Waals surface area contributed by atoms with Crippen LogP contribution in [0.2, 0.25) is 0 Å². The zero-order valence-corrected chi connectivity index (χ0v) is 13.3. The van der Waals surface area contributed by atoms with Gasteiger partial charge in [-0.15, -0.1) is 0 Å². The molecule has 0 aliphatic rings. The smallest absolute Gasteiger partial charge is 0.328 e. The molecule has 0 bridgehead atoms. The number of aliphatic carboxylic acids is 1.